The van der Waals surface area contributed by atoms with E-state index in [1.165, 1.54) is 25.7 Å². The Bertz CT molecular complexity index is 1150. The second kappa shape index (κ2) is 15.8. The summed E-state index contributed by atoms with van der Waals surface area (Å²) >= 11 is 1.59. The molecular weight excluding hydrogens is 586 g/mol. The average molecular weight is 640 g/mol. The lowest BCUT2D eigenvalue weighted by Gasteiger charge is -2.58. The summed E-state index contributed by atoms with van der Waals surface area (Å²) < 4.78 is 0. The number of hydrogen-bond donors (Lipinski definition) is 4. The van der Waals surface area contributed by atoms with E-state index >= 15 is 0 Å². The molecule has 5 aliphatic rings. The van der Waals surface area contributed by atoms with Gasteiger partial charge in [-0.05, 0) is 92.1 Å². The van der Waals surface area contributed by atoms with E-state index in [2.05, 4.69) is 10.6 Å². The van der Waals surface area contributed by atoms with E-state index in [0.717, 1.165) is 44.1 Å². The molecule has 0 spiro atoms. The van der Waals surface area contributed by atoms with Crippen molar-refractivity contribution < 1.29 is 19.2 Å². The maximum Gasteiger partial charge on any atom is 0.243 e. The lowest BCUT2D eigenvalue weighted by molar-refractivity contribution is -0.153. The van der Waals surface area contributed by atoms with Crippen LogP contribution >= 0.6 is 11.8 Å². The summed E-state index contributed by atoms with van der Waals surface area (Å²) in [6.45, 7) is -0.250. The van der Waals surface area contributed by atoms with E-state index in [1.807, 2.05) is 36.6 Å². The van der Waals surface area contributed by atoms with Gasteiger partial charge in [-0.1, -0.05) is 62.4 Å². The largest absolute Gasteiger partial charge is 0.368 e. The van der Waals surface area contributed by atoms with Gasteiger partial charge in [0.1, 0.15) is 12.1 Å². The van der Waals surface area contributed by atoms with Crippen LogP contribution in [0.1, 0.15) is 82.6 Å². The molecule has 4 amide bonds. The normalized spacial score (nSPS) is 27.7. The Morgan fingerprint density at radius 1 is 0.933 bits per heavy atom. The van der Waals surface area contributed by atoms with Crippen LogP contribution in [0.25, 0.3) is 0 Å². The summed E-state index contributed by atoms with van der Waals surface area (Å²) in [5.74, 6) is 1.67. The molecule has 0 saturated heterocycles. The highest BCUT2D eigenvalue weighted by molar-refractivity contribution is 7.98. The minimum absolute atomic E-state index is 0.0619. The van der Waals surface area contributed by atoms with Gasteiger partial charge in [0.05, 0.1) is 12.6 Å². The first-order valence-corrected chi connectivity index (χ1v) is 18.6. The third-order valence-electron chi connectivity index (χ3n) is 11.0. The molecule has 248 valence electrons. The molecule has 6 rings (SSSR count). The van der Waals surface area contributed by atoms with Gasteiger partial charge in [-0.25, -0.2) is 0 Å². The third-order valence-corrected chi connectivity index (χ3v) is 11.7. The van der Waals surface area contributed by atoms with Crippen molar-refractivity contribution in [1.82, 2.24) is 15.5 Å². The summed E-state index contributed by atoms with van der Waals surface area (Å²) in [6.07, 6.45) is 14.7. The molecule has 6 N–H and O–H groups in total. The fourth-order valence-corrected chi connectivity index (χ4v) is 9.59. The number of nitrogens with zero attached hydrogens (tertiary/aromatic N) is 1. The van der Waals surface area contributed by atoms with Crippen LogP contribution in [-0.4, -0.2) is 71.2 Å². The average Bonchev–Trinajstić information content (AvgIpc) is 3.03. The van der Waals surface area contributed by atoms with E-state index in [-0.39, 0.29) is 24.4 Å². The van der Waals surface area contributed by atoms with Gasteiger partial charge in [-0.15, -0.1) is 0 Å². The summed E-state index contributed by atoms with van der Waals surface area (Å²) in [4.78, 5) is 55.6. The number of benzene rings is 1. The molecule has 45 heavy (non-hydrogen) atoms. The molecular formula is C35H53N5O4S. The Balaban J connectivity index is 1.28. The maximum absolute atomic E-state index is 14.2. The number of primary amides is 1. The van der Waals surface area contributed by atoms with E-state index in [4.69, 9.17) is 11.5 Å². The highest BCUT2D eigenvalue weighted by Crippen LogP contribution is 2.55. The van der Waals surface area contributed by atoms with Gasteiger partial charge in [-0.3, -0.25) is 19.2 Å². The number of carbonyl (C=O) groups excluding carboxylic acids is 4. The van der Waals surface area contributed by atoms with Gasteiger partial charge in [0.2, 0.25) is 23.6 Å². The van der Waals surface area contributed by atoms with Crippen molar-refractivity contribution in [3.05, 3.63) is 35.9 Å². The molecule has 5 saturated carbocycles. The summed E-state index contributed by atoms with van der Waals surface area (Å²) in [5, 5.41) is 5.72. The topological polar surface area (TPSA) is 148 Å². The summed E-state index contributed by atoms with van der Waals surface area (Å²) in [7, 11) is 0. The number of hydrogen-bond acceptors (Lipinski definition) is 6. The van der Waals surface area contributed by atoms with Crippen LogP contribution in [0, 0.1) is 29.6 Å². The Labute approximate surface area is 272 Å². The summed E-state index contributed by atoms with van der Waals surface area (Å²) in [6, 6.07) is 7.36. The molecule has 0 unspecified atom stereocenters. The van der Waals surface area contributed by atoms with Crippen LogP contribution in [0.3, 0.4) is 0 Å². The molecule has 1 aromatic rings. The molecule has 0 aliphatic heterocycles. The zero-order chi connectivity index (χ0) is 31.9. The van der Waals surface area contributed by atoms with Crippen LogP contribution in [0.5, 0.6) is 0 Å². The molecule has 4 bridgehead atoms. The molecule has 10 heteroatoms. The Kier molecular flexibility index (Phi) is 11.9. The minimum atomic E-state index is -0.802. The predicted molar refractivity (Wildman–Crippen MR) is 178 cm³/mol. The number of thioether (sulfide) groups is 1. The highest BCUT2D eigenvalue weighted by Gasteiger charge is 2.52. The van der Waals surface area contributed by atoms with Crippen molar-refractivity contribution in [2.75, 3.05) is 18.6 Å². The second-order valence-electron chi connectivity index (χ2n) is 14.2. The van der Waals surface area contributed by atoms with Crippen LogP contribution in [-0.2, 0) is 25.6 Å². The number of nitrogens with one attached hydrogen (secondary N) is 2. The second-order valence-corrected chi connectivity index (χ2v) is 15.2. The molecule has 0 radical (unpaired) electrons. The quantitative estimate of drug-likeness (QED) is 0.231. The third kappa shape index (κ3) is 8.61. The highest BCUT2D eigenvalue weighted by atomic mass is 32.2. The van der Waals surface area contributed by atoms with Gasteiger partial charge in [0.15, 0.2) is 0 Å². The fourth-order valence-electron chi connectivity index (χ4n) is 9.12. The van der Waals surface area contributed by atoms with Gasteiger partial charge in [-0.2, -0.15) is 11.8 Å². The van der Waals surface area contributed by atoms with Gasteiger partial charge < -0.3 is 27.0 Å². The van der Waals surface area contributed by atoms with Crippen molar-refractivity contribution in [2.45, 2.75) is 108 Å². The van der Waals surface area contributed by atoms with Crippen LogP contribution in [0.15, 0.2) is 30.3 Å². The molecule has 5 aliphatic carbocycles. The van der Waals surface area contributed by atoms with E-state index < -0.39 is 29.9 Å². The lowest BCUT2D eigenvalue weighted by atomic mass is 9.53. The van der Waals surface area contributed by atoms with E-state index in [1.54, 1.807) is 16.7 Å². The number of rotatable bonds is 15. The lowest BCUT2D eigenvalue weighted by Crippen LogP contribution is -2.64. The fraction of sp³-hybridized carbons (Fsp3) is 0.714. The molecule has 9 nitrogen and oxygen atoms in total. The maximum atomic E-state index is 14.2. The first-order valence-electron chi connectivity index (χ1n) is 17.2. The van der Waals surface area contributed by atoms with Crippen LogP contribution < -0.4 is 22.1 Å². The van der Waals surface area contributed by atoms with Crippen molar-refractivity contribution in [3.63, 3.8) is 0 Å². The van der Waals surface area contributed by atoms with Crippen molar-refractivity contribution in [1.29, 1.82) is 0 Å². The smallest absolute Gasteiger partial charge is 0.243 e. The summed E-state index contributed by atoms with van der Waals surface area (Å²) in [5.41, 5.74) is 13.3. The zero-order valence-corrected chi connectivity index (χ0v) is 27.6. The minimum Gasteiger partial charge on any atom is -0.368 e. The number of carbonyl (C=O) groups is 4. The van der Waals surface area contributed by atoms with Crippen LogP contribution in [0.4, 0.5) is 0 Å². The SMILES string of the molecule is CSCC[C@@H](NC(=O)[C@@H](N)CC1CCCCC1)C(=O)NCC(=O)N(C1C2CC3CC(C2)CC1C3)[C@@H](Cc1ccccc1)C(N)=O. The Morgan fingerprint density at radius 3 is 2.18 bits per heavy atom. The van der Waals surface area contributed by atoms with Crippen molar-refractivity contribution in [3.8, 4) is 0 Å². The first kappa shape index (κ1) is 33.8. The van der Waals surface area contributed by atoms with E-state index in [0.29, 0.717) is 54.6 Å². The van der Waals surface area contributed by atoms with Gasteiger partial charge in [0.25, 0.3) is 0 Å². The standard InChI is InChI=1S/C35H53N5O4S/c1-45-13-12-29(39-34(43)28(36)19-22-8-4-2-5-9-22)35(44)38-21-31(41)40(30(33(37)42)20-23-10-6-3-7-11-23)32-26-15-24-14-25(17-26)18-27(32)16-24/h3,6-7,10-11,22,24-30,32H,2,4-5,8-9,12-21,36H2,1H3,(H2,37,42)(H,38,44)(H,39,43)/t24?,25?,26?,27?,28-,29+,30-,32?/m0/s1. The zero-order valence-electron chi connectivity index (χ0n) is 26.8. The monoisotopic (exact) mass is 639 g/mol. The van der Waals surface area contributed by atoms with Crippen molar-refractivity contribution in [2.24, 2.45) is 41.1 Å². The van der Waals surface area contributed by atoms with E-state index in [9.17, 15) is 19.2 Å². The van der Waals surface area contributed by atoms with Crippen molar-refractivity contribution >= 4 is 35.4 Å². The number of amides is 4. The van der Waals surface area contributed by atoms with Gasteiger partial charge >= 0.3 is 0 Å². The first-order chi connectivity index (χ1) is 21.7. The van der Waals surface area contributed by atoms with Crippen LogP contribution in [0.2, 0.25) is 0 Å². The Morgan fingerprint density at radius 2 is 1.58 bits per heavy atom. The molecule has 0 aromatic heterocycles. The molecule has 1 aromatic carbocycles. The number of nitrogens with two attached hydrogens (primary N) is 2. The molecule has 0 heterocycles. The predicted octanol–water partition coefficient (Wildman–Crippen LogP) is 3.39. The Hall–Kier alpha value is -2.59. The molecule has 5 fully saturated rings. The molecule has 3 atom stereocenters. The van der Waals surface area contributed by atoms with Gasteiger partial charge in [0, 0.05) is 12.5 Å².